The Hall–Kier alpha value is -4.48. The quantitative estimate of drug-likeness (QED) is 0.305. The van der Waals surface area contributed by atoms with Crippen molar-refractivity contribution in [3.05, 3.63) is 60.6 Å². The van der Waals surface area contributed by atoms with Crippen molar-refractivity contribution < 1.29 is 14.3 Å². The summed E-state index contributed by atoms with van der Waals surface area (Å²) in [5.41, 5.74) is 10.6. The van der Waals surface area contributed by atoms with Crippen molar-refractivity contribution in [3.8, 4) is 17.0 Å². The third-order valence-corrected chi connectivity index (χ3v) is 7.63. The zero-order valence-electron chi connectivity index (χ0n) is 22.8. The van der Waals surface area contributed by atoms with Crippen molar-refractivity contribution in [3.63, 3.8) is 0 Å². The Kier molecular flexibility index (Phi) is 6.82. The van der Waals surface area contributed by atoms with Crippen LogP contribution in [0.5, 0.6) is 5.75 Å². The molecule has 5 aromatic rings. The summed E-state index contributed by atoms with van der Waals surface area (Å²) < 4.78 is 14.8. The maximum atomic E-state index is 13.2. The maximum absolute atomic E-state index is 13.2. The predicted molar refractivity (Wildman–Crippen MR) is 155 cm³/mol. The SMILES string of the molecule is COCCN1CCC(n2nc(-c3ccc(NC(=O)c4cc5ccccc5n4C)c(OC)c3)c3c(N)ncnc32)C1. The first-order chi connectivity index (χ1) is 19.5. The van der Waals surface area contributed by atoms with E-state index >= 15 is 0 Å². The molecule has 0 saturated carbocycles. The fraction of sp³-hybridized carbons (Fsp3) is 0.310. The van der Waals surface area contributed by atoms with E-state index in [1.165, 1.54) is 6.33 Å². The van der Waals surface area contributed by atoms with Crippen LogP contribution in [-0.2, 0) is 11.8 Å². The van der Waals surface area contributed by atoms with Crippen LogP contribution in [0, 0.1) is 0 Å². The number of nitrogen functional groups attached to an aromatic ring is 1. The lowest BCUT2D eigenvalue weighted by Crippen LogP contribution is -2.25. The van der Waals surface area contributed by atoms with Gasteiger partial charge in [-0.25, -0.2) is 14.6 Å². The number of methoxy groups -OCH3 is 2. The Balaban J connectivity index is 1.33. The topological polar surface area (TPSA) is 125 Å². The lowest BCUT2D eigenvalue weighted by atomic mass is 10.1. The average Bonchev–Trinajstić information content (AvgIpc) is 3.68. The van der Waals surface area contributed by atoms with Gasteiger partial charge in [0.05, 0.1) is 30.8 Å². The summed E-state index contributed by atoms with van der Waals surface area (Å²) in [4.78, 5) is 24.4. The van der Waals surface area contributed by atoms with Gasteiger partial charge >= 0.3 is 0 Å². The molecule has 1 aliphatic heterocycles. The number of amides is 1. The molecule has 1 atom stereocenters. The van der Waals surface area contributed by atoms with Crippen molar-refractivity contribution in [2.75, 3.05) is 51.5 Å². The van der Waals surface area contributed by atoms with Crippen molar-refractivity contribution in [1.82, 2.24) is 29.2 Å². The molecule has 3 N–H and O–H groups in total. The van der Waals surface area contributed by atoms with Crippen molar-refractivity contribution in [1.29, 1.82) is 0 Å². The summed E-state index contributed by atoms with van der Waals surface area (Å²) in [6, 6.07) is 15.5. The van der Waals surface area contributed by atoms with E-state index in [0.717, 1.165) is 42.5 Å². The molecular weight excluding hydrogens is 508 g/mol. The number of rotatable bonds is 8. The van der Waals surface area contributed by atoms with E-state index < -0.39 is 0 Å². The van der Waals surface area contributed by atoms with Crippen LogP contribution in [0.2, 0.25) is 0 Å². The molecule has 2 aromatic carbocycles. The maximum Gasteiger partial charge on any atom is 0.272 e. The first-order valence-corrected chi connectivity index (χ1v) is 13.2. The van der Waals surface area contributed by atoms with E-state index in [9.17, 15) is 4.79 Å². The minimum absolute atomic E-state index is 0.156. The van der Waals surface area contributed by atoms with Gasteiger partial charge in [0.25, 0.3) is 5.91 Å². The Bertz CT molecular complexity index is 1710. The number of aryl methyl sites for hydroxylation is 1. The minimum atomic E-state index is -0.226. The largest absolute Gasteiger partial charge is 0.495 e. The molecule has 1 amide bonds. The van der Waals surface area contributed by atoms with E-state index in [0.29, 0.717) is 46.3 Å². The first kappa shape index (κ1) is 25.8. The van der Waals surface area contributed by atoms with Gasteiger partial charge in [0, 0.05) is 50.3 Å². The molecule has 4 heterocycles. The number of likely N-dealkylation sites (tertiary alicyclic amines) is 1. The highest BCUT2D eigenvalue weighted by atomic mass is 16.5. The number of aromatic nitrogens is 5. The third kappa shape index (κ3) is 4.52. The van der Waals surface area contributed by atoms with Crippen LogP contribution < -0.4 is 15.8 Å². The Morgan fingerprint density at radius 1 is 1.15 bits per heavy atom. The lowest BCUT2D eigenvalue weighted by molar-refractivity contribution is 0.101. The molecule has 0 radical (unpaired) electrons. The van der Waals surface area contributed by atoms with Gasteiger partial charge in [-0.2, -0.15) is 5.10 Å². The van der Waals surface area contributed by atoms with Crippen LogP contribution >= 0.6 is 0 Å². The van der Waals surface area contributed by atoms with Gasteiger partial charge in [-0.15, -0.1) is 0 Å². The standard InChI is InChI=1S/C29H32N8O3/c1-35-22-7-5-4-6-18(22)14-23(35)29(38)33-21-9-8-19(15-24(21)40-3)26-25-27(30)31-17-32-28(25)37(34-26)20-10-11-36(16-20)12-13-39-2/h4-9,14-15,17,20H,10-13,16H2,1-3H3,(H,33,38)(H2,30,31,32). The minimum Gasteiger partial charge on any atom is -0.495 e. The Labute approximate surface area is 231 Å². The number of anilines is 2. The predicted octanol–water partition coefficient (Wildman–Crippen LogP) is 3.72. The van der Waals surface area contributed by atoms with Gasteiger partial charge in [0.15, 0.2) is 5.65 Å². The number of benzene rings is 2. The molecule has 6 rings (SSSR count). The summed E-state index contributed by atoms with van der Waals surface area (Å²) in [6.07, 6.45) is 2.43. The molecule has 206 valence electrons. The van der Waals surface area contributed by atoms with E-state index in [4.69, 9.17) is 20.3 Å². The average molecular weight is 541 g/mol. The zero-order chi connectivity index (χ0) is 27.8. The number of hydrogen-bond acceptors (Lipinski definition) is 8. The number of carbonyl (C=O) groups excluding carboxylic acids is 1. The van der Waals surface area contributed by atoms with Crippen molar-refractivity contribution >= 4 is 39.3 Å². The highest BCUT2D eigenvalue weighted by Gasteiger charge is 2.28. The van der Waals surface area contributed by atoms with Crippen LogP contribution in [0.4, 0.5) is 11.5 Å². The lowest BCUT2D eigenvalue weighted by Gasteiger charge is -2.15. The second kappa shape index (κ2) is 10.6. The Morgan fingerprint density at radius 3 is 2.80 bits per heavy atom. The van der Waals surface area contributed by atoms with Gasteiger partial charge in [-0.3, -0.25) is 9.69 Å². The van der Waals surface area contributed by atoms with Crippen LogP contribution in [-0.4, -0.2) is 75.6 Å². The Morgan fingerprint density at radius 2 is 2.00 bits per heavy atom. The fourth-order valence-electron chi connectivity index (χ4n) is 5.52. The van der Waals surface area contributed by atoms with Crippen molar-refractivity contribution in [2.45, 2.75) is 12.5 Å². The zero-order valence-corrected chi connectivity index (χ0v) is 22.8. The molecule has 11 heteroatoms. The van der Waals surface area contributed by atoms with Gasteiger partial charge in [-0.05, 0) is 30.7 Å². The molecular formula is C29H32N8O3. The van der Waals surface area contributed by atoms with Gasteiger partial charge in [0.1, 0.15) is 29.3 Å². The van der Waals surface area contributed by atoms with Crippen LogP contribution in [0.15, 0.2) is 54.9 Å². The second-order valence-electron chi connectivity index (χ2n) is 10.0. The molecule has 1 fully saturated rings. The van der Waals surface area contributed by atoms with Crippen LogP contribution in [0.25, 0.3) is 33.2 Å². The molecule has 1 saturated heterocycles. The molecule has 11 nitrogen and oxygen atoms in total. The normalized spacial score (nSPS) is 15.7. The van der Waals surface area contributed by atoms with Crippen LogP contribution in [0.1, 0.15) is 23.0 Å². The highest BCUT2D eigenvalue weighted by Crippen LogP contribution is 2.37. The third-order valence-electron chi connectivity index (χ3n) is 7.63. The molecule has 1 unspecified atom stereocenters. The van der Waals surface area contributed by atoms with Gasteiger partial charge in [0.2, 0.25) is 0 Å². The van der Waals surface area contributed by atoms with Gasteiger partial charge in [-0.1, -0.05) is 24.3 Å². The van der Waals surface area contributed by atoms with Crippen LogP contribution in [0.3, 0.4) is 0 Å². The highest BCUT2D eigenvalue weighted by molar-refractivity contribution is 6.07. The second-order valence-corrected chi connectivity index (χ2v) is 10.0. The van der Waals surface area contributed by atoms with Crippen molar-refractivity contribution in [2.24, 2.45) is 7.05 Å². The number of fused-ring (bicyclic) bond motifs is 2. The number of nitrogens with one attached hydrogen (secondary N) is 1. The number of nitrogens with two attached hydrogens (primary N) is 1. The number of para-hydroxylation sites is 1. The van der Waals surface area contributed by atoms with E-state index in [1.807, 2.05) is 64.8 Å². The summed E-state index contributed by atoms with van der Waals surface area (Å²) in [7, 11) is 5.18. The summed E-state index contributed by atoms with van der Waals surface area (Å²) in [5.74, 6) is 0.651. The molecule has 0 aliphatic carbocycles. The smallest absolute Gasteiger partial charge is 0.272 e. The number of hydrogen-bond donors (Lipinski definition) is 2. The fourth-order valence-corrected chi connectivity index (χ4v) is 5.52. The summed E-state index contributed by atoms with van der Waals surface area (Å²) in [6.45, 7) is 3.38. The van der Waals surface area contributed by atoms with Gasteiger partial charge < -0.3 is 25.1 Å². The number of nitrogens with zero attached hydrogens (tertiary/aromatic N) is 6. The molecule has 1 aliphatic rings. The molecule has 0 spiro atoms. The van der Waals surface area contributed by atoms with E-state index in [2.05, 4.69) is 20.2 Å². The van der Waals surface area contributed by atoms with E-state index in [-0.39, 0.29) is 11.9 Å². The summed E-state index contributed by atoms with van der Waals surface area (Å²) >= 11 is 0. The number of ether oxygens (including phenoxy) is 2. The van der Waals surface area contributed by atoms with E-state index in [1.54, 1.807) is 14.2 Å². The monoisotopic (exact) mass is 540 g/mol. The number of carbonyl (C=O) groups is 1. The molecule has 40 heavy (non-hydrogen) atoms. The first-order valence-electron chi connectivity index (χ1n) is 13.2. The summed E-state index contributed by atoms with van der Waals surface area (Å²) in [5, 5.41) is 9.70. The molecule has 0 bridgehead atoms. The molecule has 3 aromatic heterocycles.